The molecule has 0 amide bonds. The molecule has 0 aliphatic heterocycles. The highest BCUT2D eigenvalue weighted by atomic mass is 14.9. The average Bonchev–Trinajstić information content (AvgIpc) is 2.34. The molecule has 0 spiro atoms. The lowest BCUT2D eigenvalue weighted by atomic mass is 9.90. The first-order chi connectivity index (χ1) is 7.70. The predicted molar refractivity (Wildman–Crippen MR) is 69.1 cm³/mol. The fraction of sp³-hybridized carbons (Fsp3) is 0.333. The zero-order valence-corrected chi connectivity index (χ0v) is 10.1. The Labute approximate surface area is 97.9 Å². The summed E-state index contributed by atoms with van der Waals surface area (Å²) < 4.78 is 0. The van der Waals surface area contributed by atoms with E-state index in [-0.39, 0.29) is 0 Å². The standard InChI is InChI=1S/C15H19N/c1-4-13-6-5-7-14(9-13)10-16-15-8-11(2)12(15)3/h5-7,9,16H,2,4,8,10H2,1,3H3. The lowest BCUT2D eigenvalue weighted by Gasteiger charge is -2.25. The van der Waals surface area contributed by atoms with Crippen LogP contribution in [0.1, 0.15) is 31.4 Å². The van der Waals surface area contributed by atoms with E-state index in [0.717, 1.165) is 19.4 Å². The molecular weight excluding hydrogens is 194 g/mol. The van der Waals surface area contributed by atoms with Crippen LogP contribution >= 0.6 is 0 Å². The highest BCUT2D eigenvalue weighted by Crippen LogP contribution is 2.30. The van der Waals surface area contributed by atoms with Crippen LogP contribution in [-0.4, -0.2) is 0 Å². The molecule has 0 aromatic heterocycles. The molecule has 0 bridgehead atoms. The summed E-state index contributed by atoms with van der Waals surface area (Å²) >= 11 is 0. The normalized spacial score (nSPS) is 15.0. The SMILES string of the molecule is C=C1CC(NCc2cccc(CC)c2)=C1C. The van der Waals surface area contributed by atoms with Crippen molar-refractivity contribution in [2.75, 3.05) is 0 Å². The molecular formula is C15H19N. The van der Waals surface area contributed by atoms with Gasteiger partial charge in [0.2, 0.25) is 0 Å². The Morgan fingerprint density at radius 2 is 2.06 bits per heavy atom. The number of hydrogen-bond acceptors (Lipinski definition) is 1. The third-order valence-corrected chi connectivity index (χ3v) is 3.28. The van der Waals surface area contributed by atoms with E-state index in [2.05, 4.69) is 50.0 Å². The molecule has 1 heteroatoms. The first kappa shape index (κ1) is 11.0. The summed E-state index contributed by atoms with van der Waals surface area (Å²) in [5.41, 5.74) is 6.73. The molecule has 1 aliphatic carbocycles. The first-order valence-corrected chi connectivity index (χ1v) is 5.90. The van der Waals surface area contributed by atoms with Crippen molar-refractivity contribution in [3.05, 3.63) is 58.8 Å². The molecule has 0 heterocycles. The molecule has 1 aliphatic rings. The number of allylic oxidation sites excluding steroid dienone is 2. The average molecular weight is 213 g/mol. The minimum Gasteiger partial charge on any atom is -0.384 e. The maximum absolute atomic E-state index is 3.98. The molecule has 84 valence electrons. The van der Waals surface area contributed by atoms with Crippen LogP contribution in [0.25, 0.3) is 0 Å². The Morgan fingerprint density at radius 1 is 1.31 bits per heavy atom. The van der Waals surface area contributed by atoms with Crippen LogP contribution in [-0.2, 0) is 13.0 Å². The van der Waals surface area contributed by atoms with Crippen molar-refractivity contribution in [2.24, 2.45) is 0 Å². The zero-order chi connectivity index (χ0) is 11.5. The van der Waals surface area contributed by atoms with Gasteiger partial charge in [0.05, 0.1) is 0 Å². The van der Waals surface area contributed by atoms with Gasteiger partial charge in [-0.2, -0.15) is 0 Å². The maximum Gasteiger partial charge on any atom is 0.0398 e. The number of nitrogens with one attached hydrogen (secondary N) is 1. The molecule has 0 radical (unpaired) electrons. The number of benzene rings is 1. The van der Waals surface area contributed by atoms with Crippen molar-refractivity contribution in [3.8, 4) is 0 Å². The third-order valence-electron chi connectivity index (χ3n) is 3.28. The Balaban J connectivity index is 1.97. The second-order valence-corrected chi connectivity index (χ2v) is 4.41. The highest BCUT2D eigenvalue weighted by molar-refractivity contribution is 5.44. The molecule has 1 N–H and O–H groups in total. The van der Waals surface area contributed by atoms with E-state index >= 15 is 0 Å². The van der Waals surface area contributed by atoms with Crippen molar-refractivity contribution in [2.45, 2.75) is 33.2 Å². The summed E-state index contributed by atoms with van der Waals surface area (Å²) in [6.07, 6.45) is 2.13. The Hall–Kier alpha value is -1.50. The van der Waals surface area contributed by atoms with Gasteiger partial charge in [0, 0.05) is 18.7 Å². The fourth-order valence-corrected chi connectivity index (χ4v) is 1.95. The number of hydrogen-bond donors (Lipinski definition) is 1. The van der Waals surface area contributed by atoms with Crippen LogP contribution < -0.4 is 5.32 Å². The molecule has 1 aromatic rings. The summed E-state index contributed by atoms with van der Waals surface area (Å²) in [6.45, 7) is 9.23. The minimum absolute atomic E-state index is 0.924. The van der Waals surface area contributed by atoms with Gasteiger partial charge in [-0.3, -0.25) is 0 Å². The van der Waals surface area contributed by atoms with Gasteiger partial charge in [0.25, 0.3) is 0 Å². The highest BCUT2D eigenvalue weighted by Gasteiger charge is 2.16. The summed E-state index contributed by atoms with van der Waals surface area (Å²) in [7, 11) is 0. The van der Waals surface area contributed by atoms with Gasteiger partial charge < -0.3 is 5.32 Å². The van der Waals surface area contributed by atoms with Crippen LogP contribution in [0.5, 0.6) is 0 Å². The molecule has 0 unspecified atom stereocenters. The van der Waals surface area contributed by atoms with Gasteiger partial charge in [0.1, 0.15) is 0 Å². The Bertz CT molecular complexity index is 441. The van der Waals surface area contributed by atoms with Crippen molar-refractivity contribution < 1.29 is 0 Å². The third kappa shape index (κ3) is 2.19. The number of rotatable bonds is 4. The van der Waals surface area contributed by atoms with Gasteiger partial charge in [-0.05, 0) is 35.6 Å². The molecule has 1 nitrogen and oxygen atoms in total. The first-order valence-electron chi connectivity index (χ1n) is 5.90. The zero-order valence-electron chi connectivity index (χ0n) is 10.1. The van der Waals surface area contributed by atoms with Crippen LogP contribution in [0.4, 0.5) is 0 Å². The predicted octanol–water partition coefficient (Wildman–Crippen LogP) is 3.57. The largest absolute Gasteiger partial charge is 0.384 e. The van der Waals surface area contributed by atoms with Gasteiger partial charge in [-0.25, -0.2) is 0 Å². The van der Waals surface area contributed by atoms with Gasteiger partial charge in [-0.1, -0.05) is 37.8 Å². The van der Waals surface area contributed by atoms with Crippen LogP contribution in [0, 0.1) is 0 Å². The van der Waals surface area contributed by atoms with Gasteiger partial charge in [0.15, 0.2) is 0 Å². The molecule has 0 fully saturated rings. The van der Waals surface area contributed by atoms with Gasteiger partial charge >= 0.3 is 0 Å². The van der Waals surface area contributed by atoms with Crippen molar-refractivity contribution in [1.29, 1.82) is 0 Å². The summed E-state index contributed by atoms with van der Waals surface area (Å²) in [5.74, 6) is 0. The topological polar surface area (TPSA) is 12.0 Å². The molecule has 0 atom stereocenters. The molecule has 2 rings (SSSR count). The van der Waals surface area contributed by atoms with Crippen LogP contribution in [0.15, 0.2) is 47.7 Å². The van der Waals surface area contributed by atoms with E-state index in [1.807, 2.05) is 0 Å². The second-order valence-electron chi connectivity index (χ2n) is 4.41. The van der Waals surface area contributed by atoms with E-state index in [9.17, 15) is 0 Å². The maximum atomic E-state index is 3.98. The van der Waals surface area contributed by atoms with Crippen molar-refractivity contribution >= 4 is 0 Å². The quantitative estimate of drug-likeness (QED) is 0.806. The monoisotopic (exact) mass is 213 g/mol. The van der Waals surface area contributed by atoms with Gasteiger partial charge in [-0.15, -0.1) is 0 Å². The Morgan fingerprint density at radius 3 is 2.69 bits per heavy atom. The van der Waals surface area contributed by atoms with Crippen LogP contribution in [0.3, 0.4) is 0 Å². The summed E-state index contributed by atoms with van der Waals surface area (Å²) in [4.78, 5) is 0. The lowest BCUT2D eigenvalue weighted by molar-refractivity contribution is 0.734. The number of aryl methyl sites for hydroxylation is 1. The minimum atomic E-state index is 0.924. The van der Waals surface area contributed by atoms with Crippen LogP contribution in [0.2, 0.25) is 0 Å². The Kier molecular flexibility index (Phi) is 3.14. The van der Waals surface area contributed by atoms with E-state index in [4.69, 9.17) is 0 Å². The van der Waals surface area contributed by atoms with E-state index in [1.165, 1.54) is 28.0 Å². The van der Waals surface area contributed by atoms with E-state index in [0.29, 0.717) is 0 Å². The summed E-state index contributed by atoms with van der Waals surface area (Å²) in [5, 5.41) is 3.49. The molecule has 0 saturated carbocycles. The summed E-state index contributed by atoms with van der Waals surface area (Å²) in [6, 6.07) is 8.77. The van der Waals surface area contributed by atoms with E-state index in [1.54, 1.807) is 0 Å². The second kappa shape index (κ2) is 4.56. The molecule has 1 aromatic carbocycles. The van der Waals surface area contributed by atoms with Crippen molar-refractivity contribution in [3.63, 3.8) is 0 Å². The molecule has 0 saturated heterocycles. The fourth-order valence-electron chi connectivity index (χ4n) is 1.95. The van der Waals surface area contributed by atoms with E-state index < -0.39 is 0 Å². The molecule has 16 heavy (non-hydrogen) atoms. The lowest BCUT2D eigenvalue weighted by Crippen LogP contribution is -2.21. The smallest absolute Gasteiger partial charge is 0.0398 e. The van der Waals surface area contributed by atoms with Crippen molar-refractivity contribution in [1.82, 2.24) is 5.32 Å².